The lowest BCUT2D eigenvalue weighted by molar-refractivity contribution is -0.143. The van der Waals surface area contributed by atoms with Crippen molar-refractivity contribution in [2.24, 2.45) is 11.8 Å². The molecule has 2 aromatic carbocycles. The molecule has 186 valence electrons. The second-order valence-electron chi connectivity index (χ2n) is 9.82. The fourth-order valence-corrected chi connectivity index (χ4v) is 5.51. The van der Waals surface area contributed by atoms with Crippen molar-refractivity contribution in [3.05, 3.63) is 59.7 Å². The van der Waals surface area contributed by atoms with Crippen LogP contribution in [0.4, 0.5) is 4.79 Å². The van der Waals surface area contributed by atoms with Crippen molar-refractivity contribution in [3.8, 4) is 11.1 Å². The van der Waals surface area contributed by atoms with Crippen LogP contribution in [0, 0.1) is 11.8 Å². The fourth-order valence-electron chi connectivity index (χ4n) is 5.51. The minimum Gasteiger partial charge on any atom is -0.481 e. The van der Waals surface area contributed by atoms with Gasteiger partial charge in [-0.25, -0.2) is 4.79 Å². The highest BCUT2D eigenvalue weighted by Crippen LogP contribution is 2.44. The topological polar surface area (TPSA) is 95.9 Å². The van der Waals surface area contributed by atoms with Crippen LogP contribution < -0.4 is 5.32 Å². The molecule has 0 radical (unpaired) electrons. The molecule has 7 heteroatoms. The summed E-state index contributed by atoms with van der Waals surface area (Å²) in [5.74, 6) is -1.54. The molecule has 4 rings (SSSR count). The SMILES string of the molecule is CCC1C(C(=O)O)CCN1C(=O)C[C@H](NC(=O)OCC1c2ccccc2-c2ccccc21)C(C)C. The first-order valence-corrected chi connectivity index (χ1v) is 12.5. The zero-order valence-electron chi connectivity index (χ0n) is 20.6. The molecule has 3 atom stereocenters. The molecule has 0 aromatic heterocycles. The van der Waals surface area contributed by atoms with Crippen LogP contribution in [-0.2, 0) is 14.3 Å². The van der Waals surface area contributed by atoms with Crippen LogP contribution in [0.2, 0.25) is 0 Å². The zero-order chi connectivity index (χ0) is 25.1. The molecule has 1 aliphatic heterocycles. The lowest BCUT2D eigenvalue weighted by Gasteiger charge is -2.29. The second kappa shape index (κ2) is 10.5. The van der Waals surface area contributed by atoms with E-state index < -0.39 is 24.0 Å². The van der Waals surface area contributed by atoms with E-state index in [0.29, 0.717) is 19.4 Å². The zero-order valence-corrected chi connectivity index (χ0v) is 20.6. The van der Waals surface area contributed by atoms with Gasteiger partial charge in [0.25, 0.3) is 0 Å². The minimum atomic E-state index is -0.857. The van der Waals surface area contributed by atoms with Gasteiger partial charge in [-0.1, -0.05) is 69.3 Å². The maximum absolute atomic E-state index is 13.1. The molecule has 2 aromatic rings. The summed E-state index contributed by atoms with van der Waals surface area (Å²) in [6, 6.07) is 15.6. The minimum absolute atomic E-state index is 0.0115. The normalized spacial score (nSPS) is 19.8. The summed E-state index contributed by atoms with van der Waals surface area (Å²) in [6.45, 7) is 6.44. The van der Waals surface area contributed by atoms with E-state index in [-0.39, 0.29) is 36.8 Å². The Bertz CT molecular complexity index is 1050. The number of alkyl carbamates (subject to hydrolysis) is 1. The van der Waals surface area contributed by atoms with E-state index in [9.17, 15) is 19.5 Å². The van der Waals surface area contributed by atoms with Gasteiger partial charge in [-0.2, -0.15) is 0 Å². The molecule has 1 saturated heterocycles. The quantitative estimate of drug-likeness (QED) is 0.576. The molecular formula is C28H34N2O5. The first-order chi connectivity index (χ1) is 16.8. The van der Waals surface area contributed by atoms with Crippen LogP contribution in [0.25, 0.3) is 11.1 Å². The highest BCUT2D eigenvalue weighted by Gasteiger charge is 2.40. The van der Waals surface area contributed by atoms with Crippen molar-refractivity contribution < 1.29 is 24.2 Å². The number of nitrogens with zero attached hydrogens (tertiary/aromatic N) is 1. The molecule has 7 nitrogen and oxygen atoms in total. The van der Waals surface area contributed by atoms with Gasteiger partial charge in [0.1, 0.15) is 6.61 Å². The first kappa shape index (κ1) is 24.8. The van der Waals surface area contributed by atoms with Crippen molar-refractivity contribution >= 4 is 18.0 Å². The summed E-state index contributed by atoms with van der Waals surface area (Å²) in [7, 11) is 0. The number of carboxylic acid groups (broad SMARTS) is 1. The van der Waals surface area contributed by atoms with Crippen molar-refractivity contribution in [2.45, 2.75) is 58.0 Å². The molecule has 1 heterocycles. The van der Waals surface area contributed by atoms with E-state index in [1.807, 2.05) is 45.0 Å². The predicted molar refractivity (Wildman–Crippen MR) is 133 cm³/mol. The van der Waals surface area contributed by atoms with E-state index in [0.717, 1.165) is 11.1 Å². The standard InChI is InChI=1S/C28H34N2O5/c1-4-25-22(27(32)33)13-14-30(25)26(31)15-24(17(2)3)29-28(34)35-16-23-20-11-7-5-9-18(20)19-10-6-8-12-21(19)23/h5-12,17,22-25H,4,13-16H2,1-3H3,(H,29,34)(H,32,33)/t22?,24-,25?/m0/s1. The Balaban J connectivity index is 1.38. The van der Waals surface area contributed by atoms with Gasteiger partial charge in [0.05, 0.1) is 5.92 Å². The summed E-state index contributed by atoms with van der Waals surface area (Å²) in [5.41, 5.74) is 4.62. The molecule has 1 aliphatic carbocycles. The predicted octanol–water partition coefficient (Wildman–Crippen LogP) is 4.65. The number of carbonyl (C=O) groups is 3. The Morgan fingerprint density at radius 2 is 1.66 bits per heavy atom. The Morgan fingerprint density at radius 3 is 2.20 bits per heavy atom. The highest BCUT2D eigenvalue weighted by molar-refractivity contribution is 5.81. The van der Waals surface area contributed by atoms with E-state index in [1.165, 1.54) is 11.1 Å². The summed E-state index contributed by atoms with van der Waals surface area (Å²) in [4.78, 5) is 39.0. The Hall–Kier alpha value is -3.35. The number of benzene rings is 2. The largest absolute Gasteiger partial charge is 0.481 e. The maximum Gasteiger partial charge on any atom is 0.407 e. The van der Waals surface area contributed by atoms with E-state index >= 15 is 0 Å². The third kappa shape index (κ3) is 5.04. The molecule has 2 unspecified atom stereocenters. The average Bonchev–Trinajstić information content (AvgIpc) is 3.42. The second-order valence-corrected chi connectivity index (χ2v) is 9.82. The molecule has 2 aliphatic rings. The van der Waals surface area contributed by atoms with Gasteiger partial charge in [-0.05, 0) is 41.0 Å². The number of carbonyl (C=O) groups excluding carboxylic acids is 2. The lowest BCUT2D eigenvalue weighted by Crippen LogP contribution is -2.46. The van der Waals surface area contributed by atoms with Crippen LogP contribution in [0.1, 0.15) is 57.1 Å². The molecular weight excluding hydrogens is 444 g/mol. The molecule has 1 fully saturated rings. The van der Waals surface area contributed by atoms with Crippen LogP contribution in [0.3, 0.4) is 0 Å². The molecule has 2 N–H and O–H groups in total. The number of hydrogen-bond acceptors (Lipinski definition) is 4. The molecule has 2 amide bonds. The highest BCUT2D eigenvalue weighted by atomic mass is 16.5. The maximum atomic E-state index is 13.1. The number of ether oxygens (including phenoxy) is 1. The summed E-state index contributed by atoms with van der Waals surface area (Å²) >= 11 is 0. The third-order valence-electron chi connectivity index (χ3n) is 7.45. The van der Waals surface area contributed by atoms with Crippen LogP contribution in [0.15, 0.2) is 48.5 Å². The molecule has 35 heavy (non-hydrogen) atoms. The molecule has 0 spiro atoms. The van der Waals surface area contributed by atoms with Gasteiger partial charge < -0.3 is 20.1 Å². The van der Waals surface area contributed by atoms with E-state index in [4.69, 9.17) is 4.74 Å². The van der Waals surface area contributed by atoms with Crippen molar-refractivity contribution in [1.82, 2.24) is 10.2 Å². The average molecular weight is 479 g/mol. The number of nitrogens with one attached hydrogen (secondary N) is 1. The van der Waals surface area contributed by atoms with Gasteiger partial charge in [0, 0.05) is 31.0 Å². The van der Waals surface area contributed by atoms with Gasteiger partial charge in [0.15, 0.2) is 0 Å². The van der Waals surface area contributed by atoms with Gasteiger partial charge >= 0.3 is 12.1 Å². The Labute approximate surface area is 206 Å². The smallest absolute Gasteiger partial charge is 0.407 e. The molecule has 0 saturated carbocycles. The van der Waals surface area contributed by atoms with Crippen LogP contribution in [0.5, 0.6) is 0 Å². The Kier molecular flexibility index (Phi) is 7.43. The lowest BCUT2D eigenvalue weighted by atomic mass is 9.97. The van der Waals surface area contributed by atoms with Crippen molar-refractivity contribution in [3.63, 3.8) is 0 Å². The van der Waals surface area contributed by atoms with Crippen molar-refractivity contribution in [2.75, 3.05) is 13.2 Å². The van der Waals surface area contributed by atoms with E-state index in [1.54, 1.807) is 4.90 Å². The Morgan fingerprint density at radius 1 is 1.06 bits per heavy atom. The number of amides is 2. The fraction of sp³-hybridized carbons (Fsp3) is 0.464. The van der Waals surface area contributed by atoms with Crippen molar-refractivity contribution in [1.29, 1.82) is 0 Å². The number of hydrogen-bond donors (Lipinski definition) is 2. The summed E-state index contributed by atoms with van der Waals surface area (Å²) < 4.78 is 5.67. The monoisotopic (exact) mass is 478 g/mol. The number of rotatable bonds is 8. The number of likely N-dealkylation sites (tertiary alicyclic amines) is 1. The summed E-state index contributed by atoms with van der Waals surface area (Å²) in [5, 5.41) is 12.3. The molecule has 0 bridgehead atoms. The van der Waals surface area contributed by atoms with E-state index in [2.05, 4.69) is 29.6 Å². The number of carboxylic acids is 1. The number of fused-ring (bicyclic) bond motifs is 3. The third-order valence-corrected chi connectivity index (χ3v) is 7.45. The van der Waals surface area contributed by atoms with Crippen LogP contribution in [-0.4, -0.2) is 53.2 Å². The van der Waals surface area contributed by atoms with Gasteiger partial charge in [0.2, 0.25) is 5.91 Å². The first-order valence-electron chi connectivity index (χ1n) is 12.5. The van der Waals surface area contributed by atoms with Crippen LogP contribution >= 0.6 is 0 Å². The number of aliphatic carboxylic acids is 1. The van der Waals surface area contributed by atoms with Gasteiger partial charge in [-0.3, -0.25) is 9.59 Å². The van der Waals surface area contributed by atoms with Gasteiger partial charge in [-0.15, -0.1) is 0 Å². The summed E-state index contributed by atoms with van der Waals surface area (Å²) in [6.07, 6.45) is 0.626.